The van der Waals surface area contributed by atoms with E-state index < -0.39 is 10.0 Å². The molecule has 0 amide bonds. The van der Waals surface area contributed by atoms with Crippen molar-refractivity contribution in [1.82, 2.24) is 4.72 Å². The normalized spacial score (nSPS) is 19.8. The topological polar surface area (TPSA) is 46.2 Å². The molecule has 1 fully saturated rings. The number of hydrogen-bond acceptors (Lipinski definition) is 2. The molecule has 0 heterocycles. The van der Waals surface area contributed by atoms with E-state index in [2.05, 4.69) is 4.72 Å². The predicted octanol–water partition coefficient (Wildman–Crippen LogP) is 2.64. The van der Waals surface area contributed by atoms with E-state index in [0.29, 0.717) is 17.4 Å². The zero-order valence-electron chi connectivity index (χ0n) is 11.2. The van der Waals surface area contributed by atoms with Gasteiger partial charge in [-0.15, -0.1) is 0 Å². The van der Waals surface area contributed by atoms with Crippen LogP contribution in [0, 0.1) is 5.92 Å². The van der Waals surface area contributed by atoms with Crippen molar-refractivity contribution in [2.24, 2.45) is 5.92 Å². The third-order valence-corrected chi connectivity index (χ3v) is 5.84. The summed E-state index contributed by atoms with van der Waals surface area (Å²) in [7, 11) is -3.32. The Bertz CT molecular complexity index is 562. The highest BCUT2D eigenvalue weighted by Crippen LogP contribution is 2.27. The summed E-state index contributed by atoms with van der Waals surface area (Å²) in [6, 6.07) is 5.62. The smallest absolute Gasteiger partial charge is 0.211 e. The van der Waals surface area contributed by atoms with Crippen LogP contribution in [0.25, 0.3) is 0 Å². The Morgan fingerprint density at radius 2 is 1.79 bits per heavy atom. The van der Waals surface area contributed by atoms with Crippen LogP contribution in [0.1, 0.15) is 43.2 Å². The van der Waals surface area contributed by atoms with Crippen molar-refractivity contribution in [3.05, 3.63) is 29.3 Å². The van der Waals surface area contributed by atoms with E-state index in [1.807, 2.05) is 12.1 Å². The molecule has 104 valence electrons. The maximum Gasteiger partial charge on any atom is 0.240 e. The van der Waals surface area contributed by atoms with Gasteiger partial charge in [0.2, 0.25) is 10.0 Å². The first-order valence-corrected chi connectivity index (χ1v) is 8.75. The Balaban J connectivity index is 1.76. The second kappa shape index (κ2) is 5.25. The molecule has 19 heavy (non-hydrogen) atoms. The molecule has 0 aliphatic heterocycles. The molecule has 1 aromatic carbocycles. The number of nitrogens with one attached hydrogen (secondary N) is 1. The maximum atomic E-state index is 12.3. The number of fused-ring (bicyclic) bond motifs is 1. The van der Waals surface area contributed by atoms with Crippen molar-refractivity contribution >= 4 is 10.0 Å². The lowest BCUT2D eigenvalue weighted by Crippen LogP contribution is -2.32. The molecule has 2 aliphatic rings. The van der Waals surface area contributed by atoms with Crippen molar-refractivity contribution < 1.29 is 8.42 Å². The number of rotatable bonds is 4. The molecular formula is C15H21NO2S. The fourth-order valence-corrected chi connectivity index (χ4v) is 4.05. The van der Waals surface area contributed by atoms with Crippen LogP contribution in [-0.4, -0.2) is 15.0 Å². The zero-order chi connectivity index (χ0) is 13.3. The summed E-state index contributed by atoms with van der Waals surface area (Å²) in [5, 5.41) is 0. The molecule has 0 spiro atoms. The van der Waals surface area contributed by atoms with E-state index in [1.54, 1.807) is 6.07 Å². The van der Waals surface area contributed by atoms with Gasteiger partial charge in [0.05, 0.1) is 4.90 Å². The van der Waals surface area contributed by atoms with Gasteiger partial charge < -0.3 is 0 Å². The molecule has 2 aliphatic carbocycles. The number of benzene rings is 1. The summed E-state index contributed by atoms with van der Waals surface area (Å²) in [6.45, 7) is 0.597. The van der Waals surface area contributed by atoms with E-state index >= 15 is 0 Å². The van der Waals surface area contributed by atoms with E-state index in [9.17, 15) is 8.42 Å². The van der Waals surface area contributed by atoms with Crippen molar-refractivity contribution in [1.29, 1.82) is 0 Å². The SMILES string of the molecule is O=S(=O)(NCC1CCC1)c1ccc2c(c1)CCCC2. The van der Waals surface area contributed by atoms with E-state index in [4.69, 9.17) is 0 Å². The molecule has 0 aromatic heterocycles. The molecule has 0 bridgehead atoms. The molecule has 0 radical (unpaired) electrons. The summed E-state index contributed by atoms with van der Waals surface area (Å²) < 4.78 is 27.3. The predicted molar refractivity (Wildman–Crippen MR) is 75.6 cm³/mol. The van der Waals surface area contributed by atoms with Crippen molar-refractivity contribution in [2.45, 2.75) is 49.8 Å². The van der Waals surface area contributed by atoms with Crippen LogP contribution in [0.5, 0.6) is 0 Å². The van der Waals surface area contributed by atoms with Crippen molar-refractivity contribution in [3.8, 4) is 0 Å². The summed E-state index contributed by atoms with van der Waals surface area (Å²) in [4.78, 5) is 0.437. The molecule has 0 unspecified atom stereocenters. The van der Waals surface area contributed by atoms with E-state index in [1.165, 1.54) is 30.4 Å². The summed E-state index contributed by atoms with van der Waals surface area (Å²) in [5.74, 6) is 0.549. The molecule has 1 aromatic rings. The average Bonchev–Trinajstić information content (AvgIpc) is 2.36. The van der Waals surface area contributed by atoms with Crippen LogP contribution in [0.3, 0.4) is 0 Å². The molecule has 0 atom stereocenters. The fraction of sp³-hybridized carbons (Fsp3) is 0.600. The Hall–Kier alpha value is -0.870. The lowest BCUT2D eigenvalue weighted by molar-refractivity contribution is 0.316. The minimum Gasteiger partial charge on any atom is -0.211 e. The highest BCUT2D eigenvalue weighted by Gasteiger charge is 2.22. The number of hydrogen-bond donors (Lipinski definition) is 1. The monoisotopic (exact) mass is 279 g/mol. The van der Waals surface area contributed by atoms with Crippen molar-refractivity contribution in [2.75, 3.05) is 6.54 Å². The maximum absolute atomic E-state index is 12.3. The van der Waals surface area contributed by atoms with Crippen molar-refractivity contribution in [3.63, 3.8) is 0 Å². The Labute approximate surface area is 115 Å². The molecular weight excluding hydrogens is 258 g/mol. The van der Waals surface area contributed by atoms with Gasteiger partial charge in [-0.25, -0.2) is 13.1 Å². The van der Waals surface area contributed by atoms with Crippen LogP contribution in [0.4, 0.5) is 0 Å². The summed E-state index contributed by atoms with van der Waals surface area (Å²) in [5.41, 5.74) is 2.54. The van der Waals surface area contributed by atoms with Gasteiger partial charge in [0.15, 0.2) is 0 Å². The fourth-order valence-electron chi connectivity index (χ4n) is 2.88. The van der Waals surface area contributed by atoms with Gasteiger partial charge in [0, 0.05) is 6.54 Å². The van der Waals surface area contributed by atoms with E-state index in [0.717, 1.165) is 25.7 Å². The lowest BCUT2D eigenvalue weighted by Gasteiger charge is -2.25. The van der Waals surface area contributed by atoms with Gasteiger partial charge >= 0.3 is 0 Å². The Morgan fingerprint density at radius 1 is 1.05 bits per heavy atom. The minimum atomic E-state index is -3.32. The molecule has 1 N–H and O–H groups in total. The quantitative estimate of drug-likeness (QED) is 0.921. The molecule has 4 heteroatoms. The molecule has 3 rings (SSSR count). The average molecular weight is 279 g/mol. The summed E-state index contributed by atoms with van der Waals surface area (Å²) >= 11 is 0. The van der Waals surface area contributed by atoms with Gasteiger partial charge in [-0.1, -0.05) is 12.5 Å². The first-order valence-electron chi connectivity index (χ1n) is 7.27. The van der Waals surface area contributed by atoms with Crippen LogP contribution in [0.15, 0.2) is 23.1 Å². The second-order valence-corrected chi connectivity index (χ2v) is 7.55. The van der Waals surface area contributed by atoms with Gasteiger partial charge in [0.1, 0.15) is 0 Å². The van der Waals surface area contributed by atoms with Crippen LogP contribution < -0.4 is 4.72 Å². The Morgan fingerprint density at radius 3 is 2.47 bits per heavy atom. The lowest BCUT2D eigenvalue weighted by atomic mass is 9.86. The van der Waals surface area contributed by atoms with Gasteiger partial charge in [-0.2, -0.15) is 0 Å². The van der Waals surface area contributed by atoms with Gasteiger partial charge in [-0.3, -0.25) is 0 Å². The third-order valence-electron chi connectivity index (χ3n) is 4.42. The summed E-state index contributed by atoms with van der Waals surface area (Å²) in [6.07, 6.45) is 8.06. The van der Waals surface area contributed by atoms with Crippen LogP contribution in [-0.2, 0) is 22.9 Å². The van der Waals surface area contributed by atoms with Gasteiger partial charge in [0.25, 0.3) is 0 Å². The minimum absolute atomic E-state index is 0.437. The van der Waals surface area contributed by atoms with E-state index in [-0.39, 0.29) is 0 Å². The second-order valence-electron chi connectivity index (χ2n) is 5.79. The standard InChI is InChI=1S/C15H21NO2S/c17-19(18,16-11-12-4-3-5-12)15-9-8-13-6-1-2-7-14(13)10-15/h8-10,12,16H,1-7,11H2. The number of aryl methyl sites for hydroxylation is 2. The zero-order valence-corrected chi connectivity index (χ0v) is 12.0. The highest BCUT2D eigenvalue weighted by molar-refractivity contribution is 7.89. The third kappa shape index (κ3) is 2.84. The molecule has 0 saturated heterocycles. The molecule has 3 nitrogen and oxygen atoms in total. The number of sulfonamides is 1. The largest absolute Gasteiger partial charge is 0.240 e. The van der Waals surface area contributed by atoms with Gasteiger partial charge in [-0.05, 0) is 67.7 Å². The molecule has 1 saturated carbocycles. The highest BCUT2D eigenvalue weighted by atomic mass is 32.2. The Kier molecular flexibility index (Phi) is 3.63. The van der Waals surface area contributed by atoms with Crippen LogP contribution in [0.2, 0.25) is 0 Å². The van der Waals surface area contributed by atoms with Crippen LogP contribution >= 0.6 is 0 Å². The first kappa shape index (κ1) is 13.1. The first-order chi connectivity index (χ1) is 9.15.